The SMILES string of the molecule is NC(C(=O)O)C1(c2cn(CC3CC3)nn2)CC1. The third kappa shape index (κ3) is 1.82. The molecule has 0 saturated heterocycles. The van der Waals surface area contributed by atoms with Crippen LogP contribution >= 0.6 is 0 Å². The Morgan fingerprint density at radius 1 is 1.65 bits per heavy atom. The molecule has 0 aromatic carbocycles. The van der Waals surface area contributed by atoms with Crippen molar-refractivity contribution in [2.45, 2.75) is 43.7 Å². The summed E-state index contributed by atoms with van der Waals surface area (Å²) in [5.41, 5.74) is 6.01. The normalized spacial score (nSPS) is 23.4. The molecule has 2 aliphatic rings. The summed E-state index contributed by atoms with van der Waals surface area (Å²) in [6.45, 7) is 0.894. The first kappa shape index (κ1) is 10.7. The monoisotopic (exact) mass is 236 g/mol. The van der Waals surface area contributed by atoms with Gasteiger partial charge in [-0.2, -0.15) is 0 Å². The van der Waals surface area contributed by atoms with Gasteiger partial charge in [0.2, 0.25) is 0 Å². The van der Waals surface area contributed by atoms with E-state index in [4.69, 9.17) is 10.8 Å². The summed E-state index contributed by atoms with van der Waals surface area (Å²) >= 11 is 0. The molecule has 1 heterocycles. The summed E-state index contributed by atoms with van der Waals surface area (Å²) in [7, 11) is 0. The number of carbonyl (C=O) groups is 1. The molecule has 2 aliphatic carbocycles. The molecule has 92 valence electrons. The van der Waals surface area contributed by atoms with Crippen molar-refractivity contribution in [2.24, 2.45) is 11.7 Å². The second kappa shape index (κ2) is 3.53. The molecule has 0 bridgehead atoms. The van der Waals surface area contributed by atoms with Crippen molar-refractivity contribution in [1.29, 1.82) is 0 Å². The predicted octanol–water partition coefficient (Wildman–Crippen LogP) is 0.132. The van der Waals surface area contributed by atoms with Crippen molar-refractivity contribution < 1.29 is 9.90 Å². The van der Waals surface area contributed by atoms with Crippen molar-refractivity contribution in [3.8, 4) is 0 Å². The third-order valence-electron chi connectivity index (χ3n) is 3.84. The van der Waals surface area contributed by atoms with E-state index in [1.54, 1.807) is 0 Å². The number of rotatable bonds is 5. The average Bonchev–Trinajstić information content (AvgIpc) is 3.19. The number of aromatic nitrogens is 3. The molecule has 6 nitrogen and oxygen atoms in total. The van der Waals surface area contributed by atoms with E-state index in [-0.39, 0.29) is 0 Å². The molecule has 0 radical (unpaired) electrons. The van der Waals surface area contributed by atoms with Gasteiger partial charge in [-0.25, -0.2) is 0 Å². The molecule has 0 spiro atoms. The van der Waals surface area contributed by atoms with Crippen LogP contribution in [0.2, 0.25) is 0 Å². The molecular weight excluding hydrogens is 220 g/mol. The lowest BCUT2D eigenvalue weighted by Crippen LogP contribution is -2.42. The first-order valence-corrected chi connectivity index (χ1v) is 6.01. The standard InChI is InChI=1S/C11H16N4O2/c12-9(10(16)17)11(3-4-11)8-6-15(14-13-8)5-7-1-2-7/h6-7,9H,1-5,12H2,(H,16,17). The smallest absolute Gasteiger partial charge is 0.321 e. The average molecular weight is 236 g/mol. The molecule has 3 rings (SSSR count). The molecule has 0 aliphatic heterocycles. The van der Waals surface area contributed by atoms with Crippen molar-refractivity contribution in [1.82, 2.24) is 15.0 Å². The Morgan fingerprint density at radius 2 is 2.35 bits per heavy atom. The van der Waals surface area contributed by atoms with Gasteiger partial charge in [-0.15, -0.1) is 5.10 Å². The highest BCUT2D eigenvalue weighted by Gasteiger charge is 2.54. The number of nitrogens with zero attached hydrogens (tertiary/aromatic N) is 3. The number of aliphatic carboxylic acids is 1. The molecular formula is C11H16N4O2. The molecule has 1 atom stereocenters. The lowest BCUT2D eigenvalue weighted by molar-refractivity contribution is -0.139. The minimum Gasteiger partial charge on any atom is -0.480 e. The number of carboxylic acid groups (broad SMARTS) is 1. The molecule has 2 fully saturated rings. The van der Waals surface area contributed by atoms with Crippen molar-refractivity contribution in [3.63, 3.8) is 0 Å². The zero-order valence-corrected chi connectivity index (χ0v) is 9.54. The fourth-order valence-corrected chi connectivity index (χ4v) is 2.28. The minimum atomic E-state index is -0.959. The summed E-state index contributed by atoms with van der Waals surface area (Å²) in [5.74, 6) is -0.230. The van der Waals surface area contributed by atoms with Crippen LogP contribution in [0.15, 0.2) is 6.20 Å². The number of carboxylic acids is 1. The maximum Gasteiger partial charge on any atom is 0.321 e. The van der Waals surface area contributed by atoms with E-state index in [1.165, 1.54) is 12.8 Å². The third-order valence-corrected chi connectivity index (χ3v) is 3.84. The molecule has 17 heavy (non-hydrogen) atoms. The van der Waals surface area contributed by atoms with Crippen LogP contribution in [0.4, 0.5) is 0 Å². The summed E-state index contributed by atoms with van der Waals surface area (Å²) in [5, 5.41) is 17.2. The van der Waals surface area contributed by atoms with Gasteiger partial charge in [-0.05, 0) is 31.6 Å². The van der Waals surface area contributed by atoms with E-state index < -0.39 is 17.4 Å². The van der Waals surface area contributed by atoms with Crippen molar-refractivity contribution in [2.75, 3.05) is 0 Å². The van der Waals surface area contributed by atoms with E-state index in [9.17, 15) is 4.79 Å². The second-order valence-electron chi connectivity index (χ2n) is 5.24. The molecule has 3 N–H and O–H groups in total. The zero-order chi connectivity index (χ0) is 12.0. The minimum absolute atomic E-state index is 0.465. The Bertz CT molecular complexity index is 448. The Labute approximate surface area is 98.8 Å². The Morgan fingerprint density at radius 3 is 2.88 bits per heavy atom. The summed E-state index contributed by atoms with van der Waals surface area (Å²) < 4.78 is 1.82. The highest BCUT2D eigenvalue weighted by molar-refractivity contribution is 5.76. The lowest BCUT2D eigenvalue weighted by Gasteiger charge is -2.16. The summed E-state index contributed by atoms with van der Waals surface area (Å²) in [6.07, 6.45) is 5.98. The van der Waals surface area contributed by atoms with Crippen LogP contribution < -0.4 is 5.73 Å². The van der Waals surface area contributed by atoms with Crippen LogP contribution in [0, 0.1) is 5.92 Å². The fourth-order valence-electron chi connectivity index (χ4n) is 2.28. The number of hydrogen-bond donors (Lipinski definition) is 2. The van der Waals surface area contributed by atoms with Crippen LogP contribution in [-0.2, 0) is 16.8 Å². The Kier molecular flexibility index (Phi) is 2.22. The molecule has 6 heteroatoms. The predicted molar refractivity (Wildman–Crippen MR) is 59.3 cm³/mol. The molecule has 0 amide bonds. The van der Waals surface area contributed by atoms with Crippen molar-refractivity contribution >= 4 is 5.97 Å². The number of nitrogens with two attached hydrogens (primary N) is 1. The maximum absolute atomic E-state index is 11.0. The fraction of sp³-hybridized carbons (Fsp3) is 0.727. The first-order valence-electron chi connectivity index (χ1n) is 6.01. The van der Waals surface area contributed by atoms with E-state index >= 15 is 0 Å². The van der Waals surface area contributed by atoms with Gasteiger partial charge in [0, 0.05) is 18.2 Å². The van der Waals surface area contributed by atoms with Gasteiger partial charge in [0.1, 0.15) is 6.04 Å². The van der Waals surface area contributed by atoms with E-state index in [0.29, 0.717) is 0 Å². The second-order valence-corrected chi connectivity index (χ2v) is 5.24. The Hall–Kier alpha value is -1.43. The van der Waals surface area contributed by atoms with Crippen LogP contribution in [0.1, 0.15) is 31.4 Å². The zero-order valence-electron chi connectivity index (χ0n) is 9.54. The van der Waals surface area contributed by atoms with Crippen LogP contribution in [0.5, 0.6) is 0 Å². The van der Waals surface area contributed by atoms with Gasteiger partial charge < -0.3 is 10.8 Å². The van der Waals surface area contributed by atoms with Gasteiger partial charge in [0.25, 0.3) is 0 Å². The number of hydrogen-bond acceptors (Lipinski definition) is 4. The van der Waals surface area contributed by atoms with Gasteiger partial charge in [-0.3, -0.25) is 9.48 Å². The highest BCUT2D eigenvalue weighted by atomic mass is 16.4. The summed E-state index contributed by atoms with van der Waals surface area (Å²) in [6, 6.07) is -0.867. The van der Waals surface area contributed by atoms with E-state index in [0.717, 1.165) is 31.0 Å². The first-order chi connectivity index (χ1) is 8.12. The molecule has 2 saturated carbocycles. The van der Waals surface area contributed by atoms with Gasteiger partial charge in [0.05, 0.1) is 5.69 Å². The Balaban J connectivity index is 1.78. The van der Waals surface area contributed by atoms with Crippen LogP contribution in [0.3, 0.4) is 0 Å². The summed E-state index contributed by atoms with van der Waals surface area (Å²) in [4.78, 5) is 11.0. The van der Waals surface area contributed by atoms with E-state index in [1.807, 2.05) is 10.9 Å². The van der Waals surface area contributed by atoms with Crippen molar-refractivity contribution in [3.05, 3.63) is 11.9 Å². The topological polar surface area (TPSA) is 94.0 Å². The van der Waals surface area contributed by atoms with E-state index in [2.05, 4.69) is 10.3 Å². The van der Waals surface area contributed by atoms with Gasteiger partial charge in [-0.1, -0.05) is 5.21 Å². The van der Waals surface area contributed by atoms with Gasteiger partial charge >= 0.3 is 5.97 Å². The molecule has 1 aromatic heterocycles. The van der Waals surface area contributed by atoms with Crippen LogP contribution in [-0.4, -0.2) is 32.1 Å². The quantitative estimate of drug-likeness (QED) is 0.758. The lowest BCUT2D eigenvalue weighted by atomic mass is 9.94. The maximum atomic E-state index is 11.0. The largest absolute Gasteiger partial charge is 0.480 e. The van der Waals surface area contributed by atoms with Gasteiger partial charge in [0.15, 0.2) is 0 Å². The molecule has 1 unspecified atom stereocenters. The molecule has 1 aromatic rings. The highest BCUT2D eigenvalue weighted by Crippen LogP contribution is 2.49. The van der Waals surface area contributed by atoms with Crippen LogP contribution in [0.25, 0.3) is 0 Å².